The first-order valence-corrected chi connectivity index (χ1v) is 8.77. The second-order valence-corrected chi connectivity index (χ2v) is 6.47. The molecule has 2 aromatic heterocycles. The number of nitrogens with zero attached hydrogens (tertiary/aromatic N) is 3. The second-order valence-electron chi connectivity index (χ2n) is 5.44. The van der Waals surface area contributed by atoms with E-state index in [-0.39, 0.29) is 5.91 Å². The molecule has 0 radical (unpaired) electrons. The SMILES string of the molecule is CCOc1ncccc1C(=O)N1CCN(Cc2cccs2)CC1. The fraction of sp³-hybridized carbons (Fsp3) is 0.412. The van der Waals surface area contributed by atoms with E-state index in [1.165, 1.54) is 4.88 Å². The van der Waals surface area contributed by atoms with Crippen LogP contribution in [0.2, 0.25) is 0 Å². The van der Waals surface area contributed by atoms with Gasteiger partial charge in [-0.1, -0.05) is 6.07 Å². The number of carbonyl (C=O) groups excluding carboxylic acids is 1. The zero-order valence-electron chi connectivity index (χ0n) is 13.3. The maximum absolute atomic E-state index is 12.7. The molecule has 122 valence electrons. The zero-order valence-corrected chi connectivity index (χ0v) is 14.1. The Balaban J connectivity index is 1.60. The number of hydrogen-bond acceptors (Lipinski definition) is 5. The molecule has 1 fully saturated rings. The third kappa shape index (κ3) is 3.89. The van der Waals surface area contributed by atoms with E-state index in [1.807, 2.05) is 11.8 Å². The Morgan fingerprint density at radius 2 is 2.09 bits per heavy atom. The van der Waals surface area contributed by atoms with Crippen LogP contribution in [-0.4, -0.2) is 53.5 Å². The summed E-state index contributed by atoms with van der Waals surface area (Å²) in [6.07, 6.45) is 1.65. The second kappa shape index (κ2) is 7.57. The molecule has 0 spiro atoms. The highest BCUT2D eigenvalue weighted by molar-refractivity contribution is 7.09. The quantitative estimate of drug-likeness (QED) is 0.844. The maximum Gasteiger partial charge on any atom is 0.259 e. The lowest BCUT2D eigenvalue weighted by molar-refractivity contribution is 0.0625. The van der Waals surface area contributed by atoms with Crippen LogP contribution in [0.3, 0.4) is 0 Å². The summed E-state index contributed by atoms with van der Waals surface area (Å²) < 4.78 is 5.47. The largest absolute Gasteiger partial charge is 0.477 e. The first-order valence-electron chi connectivity index (χ1n) is 7.89. The van der Waals surface area contributed by atoms with E-state index in [4.69, 9.17) is 4.74 Å². The monoisotopic (exact) mass is 331 g/mol. The number of amides is 1. The van der Waals surface area contributed by atoms with E-state index < -0.39 is 0 Å². The summed E-state index contributed by atoms with van der Waals surface area (Å²) in [4.78, 5) is 22.5. The minimum atomic E-state index is 0.0114. The Hall–Kier alpha value is -1.92. The van der Waals surface area contributed by atoms with Crippen LogP contribution in [0.4, 0.5) is 0 Å². The van der Waals surface area contributed by atoms with Gasteiger partial charge in [0.15, 0.2) is 0 Å². The van der Waals surface area contributed by atoms with Crippen molar-refractivity contribution in [2.45, 2.75) is 13.5 Å². The van der Waals surface area contributed by atoms with Crippen molar-refractivity contribution in [1.82, 2.24) is 14.8 Å². The lowest BCUT2D eigenvalue weighted by atomic mass is 10.2. The van der Waals surface area contributed by atoms with Crippen molar-refractivity contribution in [3.63, 3.8) is 0 Å². The van der Waals surface area contributed by atoms with E-state index in [1.54, 1.807) is 29.7 Å². The van der Waals surface area contributed by atoms with Gasteiger partial charge in [0.05, 0.1) is 6.61 Å². The van der Waals surface area contributed by atoms with E-state index in [9.17, 15) is 4.79 Å². The minimum Gasteiger partial charge on any atom is -0.477 e. The first kappa shape index (κ1) is 16.0. The van der Waals surface area contributed by atoms with E-state index in [2.05, 4.69) is 27.4 Å². The van der Waals surface area contributed by atoms with Gasteiger partial charge in [0, 0.05) is 43.8 Å². The molecule has 23 heavy (non-hydrogen) atoms. The van der Waals surface area contributed by atoms with Gasteiger partial charge < -0.3 is 9.64 Å². The Bertz CT molecular complexity index is 637. The molecular formula is C17H21N3O2S. The third-order valence-corrected chi connectivity index (χ3v) is 4.76. The molecule has 0 unspecified atom stereocenters. The minimum absolute atomic E-state index is 0.0114. The van der Waals surface area contributed by atoms with Crippen molar-refractivity contribution < 1.29 is 9.53 Å². The van der Waals surface area contributed by atoms with Crippen LogP contribution in [0.5, 0.6) is 5.88 Å². The molecule has 1 amide bonds. The van der Waals surface area contributed by atoms with Crippen LogP contribution in [-0.2, 0) is 6.54 Å². The number of aromatic nitrogens is 1. The van der Waals surface area contributed by atoms with Crippen LogP contribution in [0.25, 0.3) is 0 Å². The predicted molar refractivity (Wildman–Crippen MR) is 90.9 cm³/mol. The summed E-state index contributed by atoms with van der Waals surface area (Å²) >= 11 is 1.78. The number of rotatable bonds is 5. The summed E-state index contributed by atoms with van der Waals surface area (Å²) in [6.45, 7) is 6.64. The molecule has 0 atom stereocenters. The van der Waals surface area contributed by atoms with Crippen molar-refractivity contribution >= 4 is 17.2 Å². The average molecular weight is 331 g/mol. The first-order chi connectivity index (χ1) is 11.3. The van der Waals surface area contributed by atoms with Crippen molar-refractivity contribution in [3.05, 3.63) is 46.3 Å². The van der Waals surface area contributed by atoms with E-state index >= 15 is 0 Å². The number of carbonyl (C=O) groups is 1. The zero-order chi connectivity index (χ0) is 16.1. The van der Waals surface area contributed by atoms with Gasteiger partial charge in [-0.2, -0.15) is 0 Å². The molecule has 0 bridgehead atoms. The van der Waals surface area contributed by atoms with Gasteiger partial charge in [-0.3, -0.25) is 9.69 Å². The van der Waals surface area contributed by atoms with Gasteiger partial charge in [0.1, 0.15) is 5.56 Å². The standard InChI is InChI=1S/C17H21N3O2S/c1-2-22-16-15(6-3-7-18-16)17(21)20-10-8-19(9-11-20)13-14-5-4-12-23-14/h3-7,12H,2,8-11,13H2,1H3. The molecule has 0 saturated carbocycles. The Morgan fingerprint density at radius 1 is 1.26 bits per heavy atom. The van der Waals surface area contributed by atoms with E-state index in [0.717, 1.165) is 32.7 Å². The molecule has 1 saturated heterocycles. The fourth-order valence-corrected chi connectivity index (χ4v) is 3.45. The molecule has 1 aliphatic heterocycles. The summed E-state index contributed by atoms with van der Waals surface area (Å²) in [5.74, 6) is 0.443. The van der Waals surface area contributed by atoms with Crippen molar-refractivity contribution in [2.24, 2.45) is 0 Å². The highest BCUT2D eigenvalue weighted by atomic mass is 32.1. The molecular weight excluding hydrogens is 310 g/mol. The van der Waals surface area contributed by atoms with Gasteiger partial charge in [0.25, 0.3) is 5.91 Å². The number of thiophene rings is 1. The number of ether oxygens (including phenoxy) is 1. The predicted octanol–water partition coefficient (Wildman–Crippen LogP) is 2.50. The molecule has 3 heterocycles. The molecule has 0 N–H and O–H groups in total. The number of piperazine rings is 1. The smallest absolute Gasteiger partial charge is 0.259 e. The Kier molecular flexibility index (Phi) is 5.25. The fourth-order valence-electron chi connectivity index (χ4n) is 2.71. The molecule has 5 nitrogen and oxygen atoms in total. The molecule has 1 aliphatic rings. The number of hydrogen-bond donors (Lipinski definition) is 0. The van der Waals surface area contributed by atoms with Gasteiger partial charge in [-0.15, -0.1) is 11.3 Å². The highest BCUT2D eigenvalue weighted by Gasteiger charge is 2.24. The summed E-state index contributed by atoms with van der Waals surface area (Å²) in [7, 11) is 0. The maximum atomic E-state index is 12.7. The number of pyridine rings is 1. The van der Waals surface area contributed by atoms with Gasteiger partial charge in [-0.05, 0) is 30.5 Å². The van der Waals surface area contributed by atoms with Crippen LogP contribution < -0.4 is 4.74 Å². The van der Waals surface area contributed by atoms with Gasteiger partial charge in [0.2, 0.25) is 5.88 Å². The molecule has 0 aromatic carbocycles. The highest BCUT2D eigenvalue weighted by Crippen LogP contribution is 2.19. The van der Waals surface area contributed by atoms with Crippen molar-refractivity contribution in [3.8, 4) is 5.88 Å². The lowest BCUT2D eigenvalue weighted by Crippen LogP contribution is -2.48. The molecule has 2 aromatic rings. The molecule has 6 heteroatoms. The average Bonchev–Trinajstić information content (AvgIpc) is 3.09. The van der Waals surface area contributed by atoms with Crippen LogP contribution >= 0.6 is 11.3 Å². The van der Waals surface area contributed by atoms with Crippen LogP contribution in [0.1, 0.15) is 22.2 Å². The Labute approximate surface area is 140 Å². The van der Waals surface area contributed by atoms with Crippen LogP contribution in [0, 0.1) is 0 Å². The van der Waals surface area contributed by atoms with Crippen LogP contribution in [0.15, 0.2) is 35.8 Å². The summed E-state index contributed by atoms with van der Waals surface area (Å²) in [6, 6.07) is 7.81. The summed E-state index contributed by atoms with van der Waals surface area (Å²) in [5, 5.41) is 2.10. The third-order valence-electron chi connectivity index (χ3n) is 3.90. The normalized spacial score (nSPS) is 15.6. The van der Waals surface area contributed by atoms with Gasteiger partial charge in [-0.25, -0.2) is 4.98 Å². The Morgan fingerprint density at radius 3 is 2.78 bits per heavy atom. The topological polar surface area (TPSA) is 45.7 Å². The van der Waals surface area contributed by atoms with Crippen molar-refractivity contribution in [2.75, 3.05) is 32.8 Å². The molecule has 3 rings (SSSR count). The lowest BCUT2D eigenvalue weighted by Gasteiger charge is -2.34. The molecule has 0 aliphatic carbocycles. The summed E-state index contributed by atoms with van der Waals surface area (Å²) in [5.41, 5.74) is 0.557. The van der Waals surface area contributed by atoms with Gasteiger partial charge >= 0.3 is 0 Å². The van der Waals surface area contributed by atoms with Crippen molar-refractivity contribution in [1.29, 1.82) is 0 Å². The van der Waals surface area contributed by atoms with E-state index in [0.29, 0.717) is 18.1 Å².